The van der Waals surface area contributed by atoms with Crippen LogP contribution in [0.5, 0.6) is 0 Å². The zero-order valence-electron chi connectivity index (χ0n) is 8.24. The average Bonchev–Trinajstić information content (AvgIpc) is 1.86. The van der Waals surface area contributed by atoms with Gasteiger partial charge in [0.25, 0.3) is 0 Å². The molecule has 0 rings (SSSR count). The molecule has 0 saturated heterocycles. The zero-order chi connectivity index (χ0) is 11.2. The molecule has 0 fully saturated rings. The molecule has 5 nitrogen and oxygen atoms in total. The number of aliphatic carboxylic acids is 2. The van der Waals surface area contributed by atoms with Crippen molar-refractivity contribution in [3.05, 3.63) is 0 Å². The number of carboxylic acid groups (broad SMARTS) is 2. The number of carbonyl (C=O) groups is 2. The lowest BCUT2D eigenvalue weighted by molar-refractivity contribution is -0.154. The van der Waals surface area contributed by atoms with Crippen LogP contribution < -0.4 is 0 Å². The first kappa shape index (κ1) is 14.4. The lowest BCUT2D eigenvalue weighted by Crippen LogP contribution is -2.30. The molecular formula is C8H16O5. The normalized spacial score (nSPS) is 10.3. The molecule has 3 N–H and O–H groups in total. The molecule has 0 aromatic rings. The maximum Gasteiger partial charge on any atom is 0.335 e. The fraction of sp³-hybridized carbons (Fsp3) is 0.750. The van der Waals surface area contributed by atoms with Gasteiger partial charge < -0.3 is 15.3 Å². The average molecular weight is 192 g/mol. The lowest BCUT2D eigenvalue weighted by Gasteiger charge is -2.07. The van der Waals surface area contributed by atoms with Crippen molar-refractivity contribution in [1.29, 1.82) is 0 Å². The highest BCUT2D eigenvalue weighted by atomic mass is 16.4. The smallest absolute Gasteiger partial charge is 0.335 e. The summed E-state index contributed by atoms with van der Waals surface area (Å²) in [5, 5.41) is 24.5. The van der Waals surface area contributed by atoms with E-state index >= 15 is 0 Å². The van der Waals surface area contributed by atoms with Gasteiger partial charge in [-0.15, -0.1) is 0 Å². The van der Waals surface area contributed by atoms with Gasteiger partial charge in [0.2, 0.25) is 0 Å². The van der Waals surface area contributed by atoms with Crippen LogP contribution in [0, 0.1) is 5.92 Å². The minimum atomic E-state index is -1.58. The van der Waals surface area contributed by atoms with Crippen LogP contribution in [0.25, 0.3) is 0 Å². The second kappa shape index (κ2) is 5.53. The van der Waals surface area contributed by atoms with Gasteiger partial charge >= 0.3 is 11.9 Å². The van der Waals surface area contributed by atoms with Gasteiger partial charge in [0.15, 0.2) is 5.60 Å². The molecule has 78 valence electrons. The third-order valence-electron chi connectivity index (χ3n) is 1.02. The molecule has 0 amide bonds. The molecule has 0 aromatic heterocycles. The Labute approximate surface area is 77.0 Å². The minimum Gasteiger partial charge on any atom is -0.481 e. The molecule has 0 aliphatic rings. The van der Waals surface area contributed by atoms with E-state index in [0.29, 0.717) is 0 Å². The Morgan fingerprint density at radius 3 is 1.31 bits per heavy atom. The van der Waals surface area contributed by atoms with Gasteiger partial charge in [-0.25, -0.2) is 4.79 Å². The molecule has 0 bridgehead atoms. The molecule has 0 heterocycles. The van der Waals surface area contributed by atoms with Gasteiger partial charge in [-0.3, -0.25) is 4.79 Å². The maximum absolute atomic E-state index is 9.77. The highest BCUT2D eigenvalue weighted by Gasteiger charge is 2.21. The first-order chi connectivity index (χ1) is 5.59. The summed E-state index contributed by atoms with van der Waals surface area (Å²) in [6, 6.07) is 0. The van der Waals surface area contributed by atoms with E-state index < -0.39 is 17.5 Å². The minimum absolute atomic E-state index is 0.231. The van der Waals surface area contributed by atoms with Crippen LogP contribution in [0.2, 0.25) is 0 Å². The fourth-order valence-electron chi connectivity index (χ4n) is 0. The summed E-state index contributed by atoms with van der Waals surface area (Å²) in [6.07, 6.45) is 0. The first-order valence-electron chi connectivity index (χ1n) is 3.77. The number of aliphatic hydroxyl groups is 1. The lowest BCUT2D eigenvalue weighted by atomic mass is 10.1. The third kappa shape index (κ3) is 10.9. The summed E-state index contributed by atoms with van der Waals surface area (Å²) in [4.78, 5) is 19.5. The van der Waals surface area contributed by atoms with E-state index in [9.17, 15) is 9.59 Å². The van der Waals surface area contributed by atoms with Crippen molar-refractivity contribution in [2.45, 2.75) is 33.3 Å². The van der Waals surface area contributed by atoms with Crippen LogP contribution in [-0.4, -0.2) is 32.9 Å². The van der Waals surface area contributed by atoms with Crippen LogP contribution in [-0.2, 0) is 9.59 Å². The van der Waals surface area contributed by atoms with Crippen molar-refractivity contribution >= 4 is 11.9 Å². The molecule has 0 saturated carbocycles. The van der Waals surface area contributed by atoms with Gasteiger partial charge in [-0.1, -0.05) is 13.8 Å². The Balaban J connectivity index is 0. The molecule has 5 heteroatoms. The van der Waals surface area contributed by atoms with E-state index in [4.69, 9.17) is 15.3 Å². The van der Waals surface area contributed by atoms with Crippen LogP contribution in [0.4, 0.5) is 0 Å². The second-order valence-electron chi connectivity index (χ2n) is 3.36. The topological polar surface area (TPSA) is 94.8 Å². The highest BCUT2D eigenvalue weighted by Crippen LogP contribution is 1.97. The van der Waals surface area contributed by atoms with Gasteiger partial charge in [0.1, 0.15) is 0 Å². The summed E-state index contributed by atoms with van der Waals surface area (Å²) in [5.41, 5.74) is -1.58. The summed E-state index contributed by atoms with van der Waals surface area (Å²) in [7, 11) is 0. The summed E-state index contributed by atoms with van der Waals surface area (Å²) < 4.78 is 0. The maximum atomic E-state index is 9.77. The second-order valence-corrected chi connectivity index (χ2v) is 3.36. The Hall–Kier alpha value is -1.10. The van der Waals surface area contributed by atoms with Gasteiger partial charge in [0, 0.05) is 0 Å². The van der Waals surface area contributed by atoms with E-state index in [1.54, 1.807) is 13.8 Å². The van der Waals surface area contributed by atoms with E-state index in [0.717, 1.165) is 0 Å². The standard InChI is InChI=1S/C4H8O3.C4H8O2/c1-4(2,7)3(5)6;1-3(2)4(5)6/h7H,1-2H3,(H,5,6);3H,1-2H3,(H,5,6). The molecule has 0 aromatic carbocycles. The highest BCUT2D eigenvalue weighted by molar-refractivity contribution is 5.75. The van der Waals surface area contributed by atoms with Gasteiger partial charge in [0.05, 0.1) is 5.92 Å². The molecule has 0 radical (unpaired) electrons. The largest absolute Gasteiger partial charge is 0.481 e. The molecule has 13 heavy (non-hydrogen) atoms. The van der Waals surface area contributed by atoms with Crippen LogP contribution >= 0.6 is 0 Å². The number of hydrogen-bond acceptors (Lipinski definition) is 3. The number of hydrogen-bond donors (Lipinski definition) is 3. The van der Waals surface area contributed by atoms with Crippen molar-refractivity contribution in [2.24, 2.45) is 5.92 Å². The van der Waals surface area contributed by atoms with Crippen LogP contribution in [0.1, 0.15) is 27.7 Å². The molecule has 0 aliphatic carbocycles. The number of rotatable bonds is 2. The van der Waals surface area contributed by atoms with Crippen LogP contribution in [0.15, 0.2) is 0 Å². The summed E-state index contributed by atoms with van der Waals surface area (Å²) in [5.74, 6) is -2.17. The Bertz CT molecular complexity index is 177. The SMILES string of the molecule is CC(C)(O)C(=O)O.CC(C)C(=O)O. The predicted molar refractivity (Wildman–Crippen MR) is 46.4 cm³/mol. The van der Waals surface area contributed by atoms with Gasteiger partial charge in [-0.2, -0.15) is 0 Å². The molecule has 0 unspecified atom stereocenters. The third-order valence-corrected chi connectivity index (χ3v) is 1.02. The Morgan fingerprint density at radius 2 is 1.31 bits per heavy atom. The monoisotopic (exact) mass is 192 g/mol. The van der Waals surface area contributed by atoms with E-state index in [1.165, 1.54) is 13.8 Å². The van der Waals surface area contributed by atoms with Gasteiger partial charge in [-0.05, 0) is 13.8 Å². The Morgan fingerprint density at radius 1 is 1.15 bits per heavy atom. The molecule has 0 aliphatic heterocycles. The first-order valence-corrected chi connectivity index (χ1v) is 3.77. The molecule has 0 spiro atoms. The van der Waals surface area contributed by atoms with Crippen molar-refractivity contribution in [1.82, 2.24) is 0 Å². The predicted octanol–water partition coefficient (Wildman–Crippen LogP) is 0.569. The van der Waals surface area contributed by atoms with E-state index in [1.807, 2.05) is 0 Å². The fourth-order valence-corrected chi connectivity index (χ4v) is 0. The van der Waals surface area contributed by atoms with Crippen LogP contribution in [0.3, 0.4) is 0 Å². The zero-order valence-corrected chi connectivity index (χ0v) is 8.24. The van der Waals surface area contributed by atoms with Crippen molar-refractivity contribution in [3.63, 3.8) is 0 Å². The van der Waals surface area contributed by atoms with E-state index in [2.05, 4.69) is 0 Å². The molecule has 0 atom stereocenters. The quantitative estimate of drug-likeness (QED) is 0.594. The van der Waals surface area contributed by atoms with Crippen molar-refractivity contribution < 1.29 is 24.9 Å². The molecular weight excluding hydrogens is 176 g/mol. The van der Waals surface area contributed by atoms with E-state index in [-0.39, 0.29) is 5.92 Å². The number of carboxylic acids is 2. The Kier molecular flexibility index (Phi) is 6.14. The van der Waals surface area contributed by atoms with Crippen molar-refractivity contribution in [3.8, 4) is 0 Å². The van der Waals surface area contributed by atoms with Crippen molar-refractivity contribution in [2.75, 3.05) is 0 Å². The summed E-state index contributed by atoms with van der Waals surface area (Å²) in [6.45, 7) is 5.72. The summed E-state index contributed by atoms with van der Waals surface area (Å²) >= 11 is 0.